The number of piperidine rings is 1. The van der Waals surface area contributed by atoms with E-state index in [1.54, 1.807) is 11.3 Å². The van der Waals surface area contributed by atoms with Crippen LogP contribution in [0.15, 0.2) is 5.38 Å². The summed E-state index contributed by atoms with van der Waals surface area (Å²) in [4.78, 5) is 23.2. The van der Waals surface area contributed by atoms with Gasteiger partial charge >= 0.3 is 0 Å². The fourth-order valence-corrected chi connectivity index (χ4v) is 4.17. The molecule has 24 heavy (non-hydrogen) atoms. The summed E-state index contributed by atoms with van der Waals surface area (Å²) in [7, 11) is 3.87. The Morgan fingerprint density at radius 1 is 1.42 bits per heavy atom. The van der Waals surface area contributed by atoms with Gasteiger partial charge in [0, 0.05) is 44.0 Å². The highest BCUT2D eigenvalue weighted by Gasteiger charge is 2.35. The van der Waals surface area contributed by atoms with E-state index in [0.717, 1.165) is 56.5 Å². The van der Waals surface area contributed by atoms with Crippen molar-refractivity contribution in [2.24, 2.45) is 5.92 Å². The summed E-state index contributed by atoms with van der Waals surface area (Å²) in [6.45, 7) is 7.73. The molecule has 0 N–H and O–H groups in total. The lowest BCUT2D eigenvalue weighted by Gasteiger charge is -2.38. The van der Waals surface area contributed by atoms with Crippen molar-refractivity contribution in [1.29, 1.82) is 0 Å². The second-order valence-corrected chi connectivity index (χ2v) is 8.19. The van der Waals surface area contributed by atoms with Crippen LogP contribution in [0.25, 0.3) is 0 Å². The molecule has 1 amide bonds. The first-order chi connectivity index (χ1) is 11.5. The fraction of sp³-hybridized carbons (Fsp3) is 0.765. The number of fused-ring (bicyclic) bond motifs is 1. The molecule has 2 aliphatic rings. The fourth-order valence-electron chi connectivity index (χ4n) is 3.57. The second kappa shape index (κ2) is 7.91. The van der Waals surface area contributed by atoms with Crippen LogP contribution < -0.4 is 0 Å². The van der Waals surface area contributed by atoms with Crippen LogP contribution in [0.3, 0.4) is 0 Å². The van der Waals surface area contributed by atoms with Crippen LogP contribution >= 0.6 is 11.3 Å². The van der Waals surface area contributed by atoms with Gasteiger partial charge in [0.1, 0.15) is 0 Å². The van der Waals surface area contributed by atoms with E-state index in [-0.39, 0.29) is 12.0 Å². The van der Waals surface area contributed by atoms with Gasteiger partial charge in [-0.15, -0.1) is 11.3 Å². The number of hydrogen-bond donors (Lipinski definition) is 0. The minimum Gasteiger partial charge on any atom is -0.375 e. The summed E-state index contributed by atoms with van der Waals surface area (Å²) in [5, 5.41) is 3.28. The van der Waals surface area contributed by atoms with Gasteiger partial charge in [0.15, 0.2) is 0 Å². The quantitative estimate of drug-likeness (QED) is 0.811. The number of thiazole rings is 1. The molecule has 2 aliphatic heterocycles. The van der Waals surface area contributed by atoms with E-state index in [1.807, 2.05) is 23.9 Å². The number of amides is 1. The van der Waals surface area contributed by atoms with Gasteiger partial charge in [-0.05, 0) is 27.4 Å². The molecule has 0 unspecified atom stereocenters. The Hall–Kier alpha value is -1.02. The molecule has 2 saturated heterocycles. The van der Waals surface area contributed by atoms with E-state index in [2.05, 4.69) is 22.2 Å². The zero-order chi connectivity index (χ0) is 17.1. The summed E-state index contributed by atoms with van der Waals surface area (Å²) in [6.07, 6.45) is 1.20. The molecule has 7 heteroatoms. The lowest BCUT2D eigenvalue weighted by Crippen LogP contribution is -2.50. The molecule has 0 aliphatic carbocycles. The third-order valence-electron chi connectivity index (χ3n) is 4.78. The molecular formula is C17H28N4O2S. The van der Waals surface area contributed by atoms with Gasteiger partial charge in [0.25, 0.3) is 0 Å². The lowest BCUT2D eigenvalue weighted by atomic mass is 9.93. The molecule has 1 aromatic rings. The van der Waals surface area contributed by atoms with Crippen LogP contribution in [-0.2, 0) is 16.1 Å². The van der Waals surface area contributed by atoms with Gasteiger partial charge in [-0.3, -0.25) is 9.69 Å². The Bertz CT molecular complexity index is 563. The third-order valence-corrected chi connectivity index (χ3v) is 5.61. The van der Waals surface area contributed by atoms with E-state index in [9.17, 15) is 4.79 Å². The summed E-state index contributed by atoms with van der Waals surface area (Å²) in [5.41, 5.74) is 1.16. The first kappa shape index (κ1) is 17.8. The number of likely N-dealkylation sites (N-methyl/N-ethyl adjacent to an activating group) is 1. The zero-order valence-corrected chi connectivity index (χ0v) is 15.7. The van der Waals surface area contributed by atoms with Crippen molar-refractivity contribution >= 4 is 17.2 Å². The van der Waals surface area contributed by atoms with Gasteiger partial charge in [-0.25, -0.2) is 4.98 Å². The maximum Gasteiger partial charge on any atom is 0.236 e. The molecule has 2 fully saturated rings. The summed E-state index contributed by atoms with van der Waals surface area (Å²) in [5.74, 6) is 0.719. The number of rotatable bonds is 4. The topological polar surface area (TPSA) is 48.9 Å². The van der Waals surface area contributed by atoms with Gasteiger partial charge in [-0.2, -0.15) is 0 Å². The SMILES string of the molecule is Cc1nc(CN2CCO[C@H]3CN(C(=O)CN(C)C)CC[C@H]3C2)cs1. The molecule has 2 atom stereocenters. The standard InChI is InChI=1S/C17H28N4O2S/c1-13-18-15(12-24-13)9-20-6-7-23-16-10-21(5-4-14(16)8-20)17(22)11-19(2)3/h12,14,16H,4-11H2,1-3H3/t14-,16-/m0/s1. The molecule has 3 heterocycles. The Balaban J connectivity index is 1.56. The van der Waals surface area contributed by atoms with Crippen LogP contribution in [0.5, 0.6) is 0 Å². The molecule has 0 spiro atoms. The van der Waals surface area contributed by atoms with Crippen LogP contribution in [-0.4, -0.2) is 85.1 Å². The van der Waals surface area contributed by atoms with Crippen molar-refractivity contribution in [3.63, 3.8) is 0 Å². The lowest BCUT2D eigenvalue weighted by molar-refractivity contribution is -0.137. The number of aryl methyl sites for hydroxylation is 1. The highest BCUT2D eigenvalue weighted by Crippen LogP contribution is 2.25. The van der Waals surface area contributed by atoms with Crippen molar-refractivity contribution in [2.75, 3.05) is 53.4 Å². The summed E-state index contributed by atoms with van der Waals surface area (Å²) in [6, 6.07) is 0. The number of ether oxygens (including phenoxy) is 1. The summed E-state index contributed by atoms with van der Waals surface area (Å²) < 4.78 is 6.10. The van der Waals surface area contributed by atoms with Gasteiger partial charge in [0.2, 0.25) is 5.91 Å². The van der Waals surface area contributed by atoms with E-state index in [0.29, 0.717) is 12.5 Å². The molecule has 3 rings (SSSR count). The monoisotopic (exact) mass is 352 g/mol. The van der Waals surface area contributed by atoms with Crippen molar-refractivity contribution in [1.82, 2.24) is 19.7 Å². The molecule has 0 radical (unpaired) electrons. The highest BCUT2D eigenvalue weighted by atomic mass is 32.1. The minimum atomic E-state index is 0.173. The minimum absolute atomic E-state index is 0.173. The van der Waals surface area contributed by atoms with E-state index in [4.69, 9.17) is 4.74 Å². The third kappa shape index (κ3) is 4.53. The summed E-state index contributed by atoms with van der Waals surface area (Å²) >= 11 is 1.71. The van der Waals surface area contributed by atoms with Crippen molar-refractivity contribution in [2.45, 2.75) is 26.0 Å². The first-order valence-electron chi connectivity index (χ1n) is 8.68. The average molecular weight is 353 g/mol. The molecule has 0 aromatic carbocycles. The Labute approximate surface area is 148 Å². The van der Waals surface area contributed by atoms with Crippen molar-refractivity contribution < 1.29 is 9.53 Å². The predicted octanol–water partition coefficient (Wildman–Crippen LogP) is 1.06. The first-order valence-corrected chi connectivity index (χ1v) is 9.56. The van der Waals surface area contributed by atoms with E-state index in [1.165, 1.54) is 0 Å². The zero-order valence-electron chi connectivity index (χ0n) is 14.9. The molecular weight excluding hydrogens is 324 g/mol. The largest absolute Gasteiger partial charge is 0.375 e. The Morgan fingerprint density at radius 2 is 2.25 bits per heavy atom. The second-order valence-electron chi connectivity index (χ2n) is 7.13. The number of carbonyl (C=O) groups excluding carboxylic acids is 1. The average Bonchev–Trinajstić information content (AvgIpc) is 2.81. The van der Waals surface area contributed by atoms with Crippen molar-refractivity contribution in [3.05, 3.63) is 16.1 Å². The predicted molar refractivity (Wildman–Crippen MR) is 95.1 cm³/mol. The Kier molecular flexibility index (Phi) is 5.86. The van der Waals surface area contributed by atoms with E-state index < -0.39 is 0 Å². The van der Waals surface area contributed by atoms with E-state index >= 15 is 0 Å². The molecule has 1 aromatic heterocycles. The van der Waals surface area contributed by atoms with Gasteiger partial charge < -0.3 is 14.5 Å². The molecule has 0 bridgehead atoms. The van der Waals surface area contributed by atoms with Crippen LogP contribution in [0, 0.1) is 12.8 Å². The van der Waals surface area contributed by atoms with Crippen LogP contribution in [0.1, 0.15) is 17.1 Å². The maximum absolute atomic E-state index is 12.3. The highest BCUT2D eigenvalue weighted by molar-refractivity contribution is 7.09. The van der Waals surface area contributed by atoms with Crippen LogP contribution in [0.4, 0.5) is 0 Å². The van der Waals surface area contributed by atoms with Gasteiger partial charge in [-0.1, -0.05) is 0 Å². The normalized spacial score (nSPS) is 25.6. The van der Waals surface area contributed by atoms with Crippen LogP contribution in [0.2, 0.25) is 0 Å². The number of nitrogens with zero attached hydrogens (tertiary/aromatic N) is 4. The molecule has 0 saturated carbocycles. The number of carbonyl (C=O) groups is 1. The smallest absolute Gasteiger partial charge is 0.236 e. The molecule has 134 valence electrons. The number of hydrogen-bond acceptors (Lipinski definition) is 6. The number of likely N-dealkylation sites (tertiary alicyclic amines) is 1. The maximum atomic E-state index is 12.3. The van der Waals surface area contributed by atoms with Gasteiger partial charge in [0.05, 0.1) is 30.0 Å². The van der Waals surface area contributed by atoms with Crippen molar-refractivity contribution in [3.8, 4) is 0 Å². The Morgan fingerprint density at radius 3 is 2.96 bits per heavy atom. The molecule has 6 nitrogen and oxygen atoms in total. The number of aromatic nitrogens is 1.